The second kappa shape index (κ2) is 52.0. The number of ether oxygens (including phenoxy) is 3. The van der Waals surface area contributed by atoms with Gasteiger partial charge in [-0.1, -0.05) is 189 Å². The molecule has 0 saturated carbocycles. The Bertz CT molecular complexity index is 1500. The summed E-state index contributed by atoms with van der Waals surface area (Å²) in [4.78, 5) is 48.4. The van der Waals surface area contributed by atoms with E-state index in [0.717, 1.165) is 154 Å². The Hall–Kier alpha value is -3.34. The van der Waals surface area contributed by atoms with E-state index >= 15 is 0 Å². The Morgan fingerprint density at radius 3 is 1.21 bits per heavy atom. The van der Waals surface area contributed by atoms with Gasteiger partial charge >= 0.3 is 25.7 Å². The van der Waals surface area contributed by atoms with Gasteiger partial charge in [-0.25, -0.2) is 4.57 Å². The SMILES string of the molecule is CC/C=C\C/C=C\C/C=C\C/C=C\CCCCCCCCC(=O)OC(COC(=O)CCCCCCC/C=C\CCCC)COP(=O)(O)OCC(CO)OC(=O)CCCCCCC/C=C\C/C=C\CCC. The molecule has 0 saturated heterocycles. The second-order valence-corrected chi connectivity index (χ2v) is 19.5. The molecule has 70 heavy (non-hydrogen) atoms. The van der Waals surface area contributed by atoms with Gasteiger partial charge in [-0.2, -0.15) is 0 Å². The van der Waals surface area contributed by atoms with Crippen molar-refractivity contribution in [1.29, 1.82) is 0 Å². The number of allylic oxidation sites excluding steroid dienone is 14. The first-order valence-corrected chi connectivity index (χ1v) is 29.0. The molecule has 11 nitrogen and oxygen atoms in total. The van der Waals surface area contributed by atoms with Crippen LogP contribution in [0.4, 0.5) is 0 Å². The van der Waals surface area contributed by atoms with E-state index in [1.165, 1.54) is 12.8 Å². The van der Waals surface area contributed by atoms with Crippen molar-refractivity contribution in [3.63, 3.8) is 0 Å². The van der Waals surface area contributed by atoms with Crippen LogP contribution in [-0.2, 0) is 42.2 Å². The van der Waals surface area contributed by atoms with Gasteiger partial charge in [0.2, 0.25) is 0 Å². The first kappa shape index (κ1) is 66.7. The smallest absolute Gasteiger partial charge is 0.462 e. The minimum absolute atomic E-state index is 0.146. The van der Waals surface area contributed by atoms with E-state index in [1.54, 1.807) is 0 Å². The van der Waals surface area contributed by atoms with E-state index in [2.05, 4.69) is 106 Å². The van der Waals surface area contributed by atoms with Crippen molar-refractivity contribution in [2.75, 3.05) is 26.4 Å². The Labute approximate surface area is 426 Å². The van der Waals surface area contributed by atoms with Crippen molar-refractivity contribution < 1.29 is 52.2 Å². The summed E-state index contributed by atoms with van der Waals surface area (Å²) in [6, 6.07) is 0. The number of hydrogen-bond acceptors (Lipinski definition) is 10. The first-order valence-electron chi connectivity index (χ1n) is 27.5. The average molecular weight is 1000 g/mol. The molecule has 0 aliphatic rings. The summed E-state index contributed by atoms with van der Waals surface area (Å²) in [7, 11) is -4.75. The molecule has 0 aromatic carbocycles. The molecule has 402 valence electrons. The highest BCUT2D eigenvalue weighted by atomic mass is 31.2. The van der Waals surface area contributed by atoms with Crippen LogP contribution < -0.4 is 0 Å². The number of rotatable bonds is 50. The summed E-state index contributed by atoms with van der Waals surface area (Å²) in [5.41, 5.74) is 0. The van der Waals surface area contributed by atoms with Crippen molar-refractivity contribution in [3.05, 3.63) is 85.1 Å². The number of hydrogen-bond donors (Lipinski definition) is 2. The molecule has 0 aromatic rings. The molecular weight excluding hydrogens is 904 g/mol. The lowest BCUT2D eigenvalue weighted by molar-refractivity contribution is -0.161. The fourth-order valence-electron chi connectivity index (χ4n) is 7.07. The van der Waals surface area contributed by atoms with E-state index in [-0.39, 0.29) is 25.9 Å². The fraction of sp³-hybridized carbons (Fsp3) is 0.707. The van der Waals surface area contributed by atoms with Crippen LogP contribution in [-0.4, -0.2) is 66.5 Å². The molecule has 0 amide bonds. The Morgan fingerprint density at radius 2 is 0.771 bits per heavy atom. The summed E-state index contributed by atoms with van der Waals surface area (Å²) in [6.07, 6.45) is 58.3. The highest BCUT2D eigenvalue weighted by Gasteiger charge is 2.28. The lowest BCUT2D eigenvalue weighted by Gasteiger charge is -2.21. The van der Waals surface area contributed by atoms with E-state index in [1.807, 2.05) is 0 Å². The summed E-state index contributed by atoms with van der Waals surface area (Å²) >= 11 is 0. The molecule has 0 aromatic heterocycles. The zero-order chi connectivity index (χ0) is 51.3. The molecule has 12 heteroatoms. The molecule has 3 atom stereocenters. The lowest BCUT2D eigenvalue weighted by Crippen LogP contribution is -2.30. The molecule has 0 heterocycles. The summed E-state index contributed by atoms with van der Waals surface area (Å²) in [5.74, 6) is -1.51. The third kappa shape index (κ3) is 49.6. The van der Waals surface area contributed by atoms with Crippen molar-refractivity contribution in [1.82, 2.24) is 0 Å². The van der Waals surface area contributed by atoms with Crippen LogP contribution in [0, 0.1) is 0 Å². The number of carbonyl (C=O) groups excluding carboxylic acids is 3. The van der Waals surface area contributed by atoms with Gasteiger partial charge in [-0.15, -0.1) is 0 Å². The highest BCUT2D eigenvalue weighted by Crippen LogP contribution is 2.43. The quantitative estimate of drug-likeness (QED) is 0.0197. The molecule has 2 N–H and O–H groups in total. The minimum Gasteiger partial charge on any atom is -0.462 e. The summed E-state index contributed by atoms with van der Waals surface area (Å²) < 4.78 is 39.4. The van der Waals surface area contributed by atoms with E-state index in [4.69, 9.17) is 23.3 Å². The van der Waals surface area contributed by atoms with Crippen molar-refractivity contribution in [3.8, 4) is 0 Å². The molecule has 0 aliphatic carbocycles. The molecular formula is C58H99O11P. The fourth-order valence-corrected chi connectivity index (χ4v) is 7.85. The van der Waals surface area contributed by atoms with Gasteiger partial charge < -0.3 is 24.2 Å². The third-order valence-corrected chi connectivity index (χ3v) is 12.2. The monoisotopic (exact) mass is 1000 g/mol. The Morgan fingerprint density at radius 1 is 0.414 bits per heavy atom. The van der Waals surface area contributed by atoms with Crippen LogP contribution >= 0.6 is 7.82 Å². The molecule has 0 rings (SSSR count). The van der Waals surface area contributed by atoms with Crippen LogP contribution in [0.1, 0.15) is 226 Å². The van der Waals surface area contributed by atoms with Gasteiger partial charge in [-0.05, 0) is 103 Å². The van der Waals surface area contributed by atoms with Crippen LogP contribution in [0.3, 0.4) is 0 Å². The second-order valence-electron chi connectivity index (χ2n) is 18.0. The average Bonchev–Trinajstić information content (AvgIpc) is 3.35. The van der Waals surface area contributed by atoms with Crippen LogP contribution in [0.2, 0.25) is 0 Å². The zero-order valence-electron chi connectivity index (χ0n) is 44.2. The molecule has 3 unspecified atom stereocenters. The molecule has 0 radical (unpaired) electrons. The van der Waals surface area contributed by atoms with Crippen molar-refractivity contribution in [2.45, 2.75) is 238 Å². The maximum Gasteiger partial charge on any atom is 0.472 e. The van der Waals surface area contributed by atoms with E-state index < -0.39 is 57.8 Å². The predicted octanol–water partition coefficient (Wildman–Crippen LogP) is 15.9. The summed E-state index contributed by atoms with van der Waals surface area (Å²) in [5, 5.41) is 9.78. The van der Waals surface area contributed by atoms with Gasteiger partial charge in [0.25, 0.3) is 0 Å². The Kier molecular flexibility index (Phi) is 49.5. The van der Waals surface area contributed by atoms with Crippen molar-refractivity contribution in [2.24, 2.45) is 0 Å². The first-order chi connectivity index (χ1) is 34.2. The molecule has 0 bridgehead atoms. The maximum absolute atomic E-state index is 12.9. The van der Waals surface area contributed by atoms with Gasteiger partial charge in [-0.3, -0.25) is 23.4 Å². The minimum atomic E-state index is -4.75. The topological polar surface area (TPSA) is 155 Å². The van der Waals surface area contributed by atoms with Crippen LogP contribution in [0.15, 0.2) is 85.1 Å². The molecule has 0 fully saturated rings. The number of aliphatic hydroxyl groups is 1. The molecule has 0 aliphatic heterocycles. The van der Waals surface area contributed by atoms with Crippen LogP contribution in [0.25, 0.3) is 0 Å². The third-order valence-electron chi connectivity index (χ3n) is 11.3. The van der Waals surface area contributed by atoms with E-state index in [0.29, 0.717) is 19.3 Å². The normalized spacial score (nSPS) is 14.1. The van der Waals surface area contributed by atoms with Crippen molar-refractivity contribution >= 4 is 25.7 Å². The number of esters is 3. The lowest BCUT2D eigenvalue weighted by atomic mass is 10.1. The maximum atomic E-state index is 12.9. The number of carbonyl (C=O) groups is 3. The molecule has 0 spiro atoms. The van der Waals surface area contributed by atoms with Crippen LogP contribution in [0.5, 0.6) is 0 Å². The van der Waals surface area contributed by atoms with Gasteiger partial charge in [0, 0.05) is 19.3 Å². The predicted molar refractivity (Wildman–Crippen MR) is 288 cm³/mol. The number of phosphoric acid groups is 1. The zero-order valence-corrected chi connectivity index (χ0v) is 45.1. The van der Waals surface area contributed by atoms with E-state index in [9.17, 15) is 28.9 Å². The Balaban J connectivity index is 4.75. The van der Waals surface area contributed by atoms with Gasteiger partial charge in [0.15, 0.2) is 6.10 Å². The number of unbranched alkanes of at least 4 members (excludes halogenated alkanes) is 19. The van der Waals surface area contributed by atoms with Gasteiger partial charge in [0.1, 0.15) is 12.7 Å². The number of phosphoric ester groups is 1. The summed E-state index contributed by atoms with van der Waals surface area (Å²) in [6.45, 7) is 4.37. The highest BCUT2D eigenvalue weighted by molar-refractivity contribution is 7.47. The largest absolute Gasteiger partial charge is 0.472 e. The number of aliphatic hydroxyl groups excluding tert-OH is 1. The standard InChI is InChI=1S/C58H99O11P/c1-4-7-10-13-16-19-22-24-25-26-27-28-29-31-34-37-40-43-46-49-58(62)69-55(51-65-56(60)47-44-41-38-35-32-21-18-15-12-9-6-3)53-67-70(63,64)66-52-54(50-59)68-57(61)48-45-42-39-36-33-30-23-20-17-14-11-8-5-2/h7,10-11,14-16,18-20,23-25,27-28,54-55,59H,4-6,8-9,12-13,17,21-22,26,29-53H2,1-3H3,(H,63,64)/b10-7-,14-11-,18-15-,19-16-,23-20-,25-24-,28-27-. The van der Waals surface area contributed by atoms with Gasteiger partial charge in [0.05, 0.1) is 19.8 Å².